The Hall–Kier alpha value is -2.60. The van der Waals surface area contributed by atoms with Gasteiger partial charge in [0.25, 0.3) is 5.91 Å². The third kappa shape index (κ3) is 4.73. The molecule has 2 aromatic rings. The zero-order valence-corrected chi connectivity index (χ0v) is 15.7. The molecule has 0 N–H and O–H groups in total. The van der Waals surface area contributed by atoms with E-state index in [2.05, 4.69) is 0 Å². The molecule has 2 aromatic carbocycles. The summed E-state index contributed by atoms with van der Waals surface area (Å²) in [6.45, 7) is 1.30. The van der Waals surface area contributed by atoms with Gasteiger partial charge in [-0.15, -0.1) is 0 Å². The van der Waals surface area contributed by atoms with Gasteiger partial charge in [-0.05, 0) is 32.3 Å². The van der Waals surface area contributed by atoms with Gasteiger partial charge < -0.3 is 19.3 Å². The van der Waals surface area contributed by atoms with E-state index in [9.17, 15) is 9.18 Å². The highest BCUT2D eigenvalue weighted by molar-refractivity contribution is 5.97. The lowest BCUT2D eigenvalue weighted by atomic mass is 10.1. The van der Waals surface area contributed by atoms with E-state index in [0.717, 1.165) is 0 Å². The number of carbonyl (C=O) groups excluding carboxylic acids is 1. The van der Waals surface area contributed by atoms with Crippen molar-refractivity contribution in [3.05, 3.63) is 59.4 Å². The van der Waals surface area contributed by atoms with Gasteiger partial charge in [0.1, 0.15) is 5.82 Å². The maximum absolute atomic E-state index is 14.1. The van der Waals surface area contributed by atoms with Crippen molar-refractivity contribution >= 4 is 5.91 Å². The number of ether oxygens (including phenoxy) is 2. The first kappa shape index (κ1) is 19.7. The van der Waals surface area contributed by atoms with Gasteiger partial charge in [0, 0.05) is 25.2 Å². The van der Waals surface area contributed by atoms with Crippen LogP contribution in [0.15, 0.2) is 42.5 Å². The highest BCUT2D eigenvalue weighted by Crippen LogP contribution is 2.31. The Morgan fingerprint density at radius 1 is 1.00 bits per heavy atom. The largest absolute Gasteiger partial charge is 0.493 e. The maximum Gasteiger partial charge on any atom is 0.258 e. The molecule has 5 nitrogen and oxygen atoms in total. The normalized spacial score (nSPS) is 10.7. The van der Waals surface area contributed by atoms with Gasteiger partial charge in [-0.2, -0.15) is 0 Å². The van der Waals surface area contributed by atoms with Crippen LogP contribution in [0.4, 0.5) is 4.39 Å². The van der Waals surface area contributed by atoms with Crippen LogP contribution in [0.5, 0.6) is 11.5 Å². The Kier molecular flexibility index (Phi) is 6.97. The minimum atomic E-state index is -0.326. The van der Waals surface area contributed by atoms with Gasteiger partial charge in [0.2, 0.25) is 0 Å². The standard InChI is InChI=1S/C20H25FN2O3/c1-22(2)12-13-23(14-15-8-5-6-10-17(15)21)20(24)16-9-7-11-18(25-3)19(16)26-4/h5-11H,12-14H2,1-4H3. The zero-order valence-electron chi connectivity index (χ0n) is 15.7. The van der Waals surface area contributed by atoms with Gasteiger partial charge >= 0.3 is 0 Å². The molecule has 0 atom stereocenters. The molecule has 0 fully saturated rings. The average Bonchev–Trinajstić information content (AvgIpc) is 2.65. The highest BCUT2D eigenvalue weighted by Gasteiger charge is 2.23. The first-order valence-electron chi connectivity index (χ1n) is 8.36. The Bertz CT molecular complexity index is 750. The minimum absolute atomic E-state index is 0.180. The number of halogens is 1. The first-order chi connectivity index (χ1) is 12.5. The lowest BCUT2D eigenvalue weighted by Crippen LogP contribution is -2.36. The number of hydrogen-bond donors (Lipinski definition) is 0. The number of benzene rings is 2. The summed E-state index contributed by atoms with van der Waals surface area (Å²) >= 11 is 0. The molecule has 0 bridgehead atoms. The molecule has 0 heterocycles. The Balaban J connectivity index is 2.35. The molecule has 26 heavy (non-hydrogen) atoms. The van der Waals surface area contributed by atoms with Crippen LogP contribution < -0.4 is 9.47 Å². The van der Waals surface area contributed by atoms with E-state index in [4.69, 9.17) is 9.47 Å². The van der Waals surface area contributed by atoms with Crippen LogP contribution in [-0.2, 0) is 6.54 Å². The smallest absolute Gasteiger partial charge is 0.258 e. The third-order valence-corrected chi connectivity index (χ3v) is 4.06. The van der Waals surface area contributed by atoms with Crippen molar-refractivity contribution in [3.63, 3.8) is 0 Å². The average molecular weight is 360 g/mol. The summed E-state index contributed by atoms with van der Waals surface area (Å²) in [4.78, 5) is 16.8. The summed E-state index contributed by atoms with van der Waals surface area (Å²) in [5, 5.41) is 0. The van der Waals surface area contributed by atoms with Gasteiger partial charge in [-0.25, -0.2) is 4.39 Å². The van der Waals surface area contributed by atoms with Crippen molar-refractivity contribution in [1.82, 2.24) is 9.80 Å². The predicted molar refractivity (Wildman–Crippen MR) is 99.2 cm³/mol. The molecule has 0 spiro atoms. The first-order valence-corrected chi connectivity index (χ1v) is 8.36. The zero-order chi connectivity index (χ0) is 19.1. The van der Waals surface area contributed by atoms with Crippen molar-refractivity contribution in [2.45, 2.75) is 6.54 Å². The highest BCUT2D eigenvalue weighted by atomic mass is 19.1. The molecule has 0 aromatic heterocycles. The quantitative estimate of drug-likeness (QED) is 0.726. The minimum Gasteiger partial charge on any atom is -0.493 e. The van der Waals surface area contributed by atoms with E-state index in [1.54, 1.807) is 41.3 Å². The number of para-hydroxylation sites is 1. The van der Waals surface area contributed by atoms with Crippen molar-refractivity contribution in [2.75, 3.05) is 41.4 Å². The van der Waals surface area contributed by atoms with Crippen molar-refractivity contribution in [1.29, 1.82) is 0 Å². The van der Waals surface area contributed by atoms with Crippen LogP contribution in [0.25, 0.3) is 0 Å². The fourth-order valence-corrected chi connectivity index (χ4v) is 2.63. The van der Waals surface area contributed by atoms with Crippen molar-refractivity contribution in [2.24, 2.45) is 0 Å². The van der Waals surface area contributed by atoms with E-state index < -0.39 is 0 Å². The molecule has 0 saturated carbocycles. The van der Waals surface area contributed by atoms with Crippen LogP contribution in [0.2, 0.25) is 0 Å². The second-order valence-electron chi connectivity index (χ2n) is 6.16. The van der Waals surface area contributed by atoms with E-state index in [0.29, 0.717) is 35.7 Å². The number of amides is 1. The van der Waals surface area contributed by atoms with Crippen molar-refractivity contribution < 1.29 is 18.7 Å². The molecule has 140 valence electrons. The fourth-order valence-electron chi connectivity index (χ4n) is 2.63. The second kappa shape index (κ2) is 9.20. The summed E-state index contributed by atoms with van der Waals surface area (Å²) in [7, 11) is 6.88. The van der Waals surface area contributed by atoms with Crippen LogP contribution in [-0.4, -0.2) is 57.1 Å². The van der Waals surface area contributed by atoms with Gasteiger partial charge in [0.05, 0.1) is 19.8 Å². The molecular weight excluding hydrogens is 335 g/mol. The van der Waals surface area contributed by atoms with Crippen molar-refractivity contribution in [3.8, 4) is 11.5 Å². The molecule has 0 unspecified atom stereocenters. The Labute approximate surface area is 153 Å². The van der Waals surface area contributed by atoms with E-state index >= 15 is 0 Å². The number of hydrogen-bond acceptors (Lipinski definition) is 4. The number of nitrogens with zero attached hydrogens (tertiary/aromatic N) is 2. The molecule has 1 amide bonds. The number of methoxy groups -OCH3 is 2. The summed E-state index contributed by atoms with van der Waals surface area (Å²) < 4.78 is 24.7. The van der Waals surface area contributed by atoms with Crippen LogP contribution in [0.1, 0.15) is 15.9 Å². The molecule has 0 radical (unpaired) electrons. The molecule has 0 aliphatic carbocycles. The summed E-state index contributed by atoms with van der Waals surface area (Å²) in [5.41, 5.74) is 0.864. The molecule has 0 aliphatic heterocycles. The molecule has 0 saturated heterocycles. The molecule has 0 aliphatic rings. The van der Waals surface area contributed by atoms with Gasteiger partial charge in [-0.1, -0.05) is 24.3 Å². The predicted octanol–water partition coefficient (Wildman–Crippen LogP) is 3.05. The van der Waals surface area contributed by atoms with Crippen LogP contribution >= 0.6 is 0 Å². The summed E-state index contributed by atoms with van der Waals surface area (Å²) in [5.74, 6) is 0.304. The Morgan fingerprint density at radius 3 is 2.35 bits per heavy atom. The van der Waals surface area contributed by atoms with Gasteiger partial charge in [-0.3, -0.25) is 4.79 Å². The SMILES string of the molecule is COc1cccc(C(=O)N(CCN(C)C)Cc2ccccc2F)c1OC. The number of carbonyl (C=O) groups is 1. The molecule has 2 rings (SSSR count). The lowest BCUT2D eigenvalue weighted by molar-refractivity contribution is 0.0726. The van der Waals surface area contributed by atoms with E-state index in [1.165, 1.54) is 20.3 Å². The van der Waals surface area contributed by atoms with Gasteiger partial charge in [0.15, 0.2) is 11.5 Å². The van der Waals surface area contributed by atoms with E-state index in [1.807, 2.05) is 19.0 Å². The number of likely N-dealkylation sites (N-methyl/N-ethyl adjacent to an activating group) is 1. The third-order valence-electron chi connectivity index (χ3n) is 4.06. The molecular formula is C20H25FN2O3. The summed E-state index contributed by atoms with van der Waals surface area (Å²) in [6.07, 6.45) is 0. The summed E-state index contributed by atoms with van der Waals surface area (Å²) in [6, 6.07) is 11.6. The fraction of sp³-hybridized carbons (Fsp3) is 0.350. The number of rotatable bonds is 8. The van der Waals surface area contributed by atoms with Crippen LogP contribution in [0.3, 0.4) is 0 Å². The maximum atomic E-state index is 14.1. The topological polar surface area (TPSA) is 42.0 Å². The second-order valence-corrected chi connectivity index (χ2v) is 6.16. The van der Waals surface area contributed by atoms with Crippen LogP contribution in [0, 0.1) is 5.82 Å². The monoisotopic (exact) mass is 360 g/mol. The lowest BCUT2D eigenvalue weighted by Gasteiger charge is -2.26. The van der Waals surface area contributed by atoms with E-state index in [-0.39, 0.29) is 18.3 Å². The Morgan fingerprint density at radius 2 is 1.73 bits per heavy atom. The molecule has 6 heteroatoms.